The van der Waals surface area contributed by atoms with Crippen molar-refractivity contribution in [3.05, 3.63) is 12.2 Å². The van der Waals surface area contributed by atoms with Gasteiger partial charge in [0.1, 0.15) is 5.57 Å². The first-order valence-electron chi connectivity index (χ1n) is 3.88. The van der Waals surface area contributed by atoms with Crippen molar-refractivity contribution in [1.29, 1.82) is 0 Å². The van der Waals surface area contributed by atoms with Gasteiger partial charge >= 0.3 is 18.1 Å². The highest BCUT2D eigenvalue weighted by atomic mass is 19.4. The zero-order valence-corrected chi connectivity index (χ0v) is 7.89. The van der Waals surface area contributed by atoms with Crippen molar-refractivity contribution in [3.63, 3.8) is 0 Å². The van der Waals surface area contributed by atoms with Gasteiger partial charge in [0.25, 0.3) is 0 Å². The number of carbonyl (C=O) groups excluding carboxylic acids is 2. The van der Waals surface area contributed by atoms with Crippen molar-refractivity contribution >= 4 is 11.9 Å². The number of rotatable bonds is 4. The first kappa shape index (κ1) is 13.5. The summed E-state index contributed by atoms with van der Waals surface area (Å²) >= 11 is 0. The summed E-state index contributed by atoms with van der Waals surface area (Å²) in [6.07, 6.45) is -4.86. The van der Waals surface area contributed by atoms with Crippen molar-refractivity contribution < 1.29 is 32.2 Å². The van der Waals surface area contributed by atoms with Crippen LogP contribution in [0.4, 0.5) is 13.2 Å². The number of carbonyl (C=O) groups is 2. The largest absolute Gasteiger partial charge is 0.463 e. The van der Waals surface area contributed by atoms with Gasteiger partial charge < -0.3 is 9.47 Å². The number of alkyl halides is 3. The van der Waals surface area contributed by atoms with E-state index in [9.17, 15) is 22.8 Å². The normalized spacial score (nSPS) is 10.7. The Morgan fingerprint density at radius 3 is 2.20 bits per heavy atom. The van der Waals surface area contributed by atoms with E-state index < -0.39 is 30.3 Å². The third-order valence-corrected chi connectivity index (χ3v) is 1.22. The molecule has 0 heterocycles. The van der Waals surface area contributed by atoms with Crippen LogP contribution in [0.25, 0.3) is 0 Å². The Morgan fingerprint density at radius 1 is 1.27 bits per heavy atom. The molecule has 0 aromatic carbocycles. The topological polar surface area (TPSA) is 52.6 Å². The molecule has 15 heavy (non-hydrogen) atoms. The van der Waals surface area contributed by atoms with Crippen LogP contribution in [0.3, 0.4) is 0 Å². The van der Waals surface area contributed by atoms with Crippen LogP contribution >= 0.6 is 0 Å². The number of halogens is 3. The molecule has 0 N–H and O–H groups in total. The smallest absolute Gasteiger partial charge is 0.422 e. The Bertz CT molecular complexity index is 270. The van der Waals surface area contributed by atoms with E-state index in [0.29, 0.717) is 0 Å². The molecule has 4 nitrogen and oxygen atoms in total. The van der Waals surface area contributed by atoms with Gasteiger partial charge in [-0.25, -0.2) is 9.59 Å². The summed E-state index contributed by atoms with van der Waals surface area (Å²) in [6, 6.07) is 0. The van der Waals surface area contributed by atoms with Crippen LogP contribution in [0.2, 0.25) is 0 Å². The maximum absolute atomic E-state index is 11.9. The van der Waals surface area contributed by atoms with Crippen molar-refractivity contribution in [3.8, 4) is 0 Å². The lowest BCUT2D eigenvalue weighted by molar-refractivity contribution is -0.161. The Balaban J connectivity index is 4.06. The minimum Gasteiger partial charge on any atom is -0.463 e. The molecule has 0 spiro atoms. The first-order valence-corrected chi connectivity index (χ1v) is 3.88. The van der Waals surface area contributed by atoms with Crippen molar-refractivity contribution in [2.75, 3.05) is 13.2 Å². The summed E-state index contributed by atoms with van der Waals surface area (Å²) in [5.41, 5.74) is -1.66. The second-order valence-corrected chi connectivity index (χ2v) is 2.36. The van der Waals surface area contributed by atoms with Crippen LogP contribution in [-0.2, 0) is 19.1 Å². The fourth-order valence-electron chi connectivity index (χ4n) is 0.530. The molecule has 7 heteroatoms. The first-order chi connectivity index (χ1) is 6.79. The van der Waals surface area contributed by atoms with Gasteiger partial charge in [-0.15, -0.1) is 0 Å². The third-order valence-electron chi connectivity index (χ3n) is 1.22. The molecule has 0 rings (SSSR count). The summed E-state index contributed by atoms with van der Waals surface area (Å²) in [5.74, 6) is -2.60. The van der Waals surface area contributed by atoms with Crippen LogP contribution in [0, 0.1) is 0 Å². The van der Waals surface area contributed by atoms with E-state index in [1.807, 2.05) is 0 Å². The maximum Gasteiger partial charge on any atom is 0.422 e. The summed E-state index contributed by atoms with van der Waals surface area (Å²) in [7, 11) is 0. The zero-order chi connectivity index (χ0) is 12.1. The molecule has 0 saturated carbocycles. The Labute approximate surface area is 83.7 Å². The molecule has 0 aliphatic carbocycles. The zero-order valence-electron chi connectivity index (χ0n) is 7.89. The maximum atomic E-state index is 11.9. The third kappa shape index (κ3) is 5.04. The Hall–Kier alpha value is -1.53. The monoisotopic (exact) mass is 226 g/mol. The van der Waals surface area contributed by atoms with Gasteiger partial charge in [0.2, 0.25) is 0 Å². The molecule has 0 unspecified atom stereocenters. The van der Waals surface area contributed by atoms with E-state index in [2.05, 4.69) is 16.1 Å². The van der Waals surface area contributed by atoms with Gasteiger partial charge in [0, 0.05) is 0 Å². The molecule has 0 atom stereocenters. The minimum absolute atomic E-state index is 0.0522. The van der Waals surface area contributed by atoms with E-state index in [0.717, 1.165) is 0 Å². The van der Waals surface area contributed by atoms with E-state index in [4.69, 9.17) is 0 Å². The average Bonchev–Trinajstić information content (AvgIpc) is 2.12. The van der Waals surface area contributed by atoms with Crippen LogP contribution in [0.1, 0.15) is 6.92 Å². The van der Waals surface area contributed by atoms with Gasteiger partial charge in [-0.05, 0) is 6.92 Å². The summed E-state index contributed by atoms with van der Waals surface area (Å²) in [6.45, 7) is 3.20. The van der Waals surface area contributed by atoms with E-state index in [1.54, 1.807) is 0 Å². The second kappa shape index (κ2) is 5.38. The molecule has 0 aliphatic rings. The molecule has 0 fully saturated rings. The number of hydrogen-bond donors (Lipinski definition) is 0. The lowest BCUT2D eigenvalue weighted by atomic mass is 10.3. The lowest BCUT2D eigenvalue weighted by Gasteiger charge is -2.09. The van der Waals surface area contributed by atoms with Crippen LogP contribution in [0.5, 0.6) is 0 Å². The number of ether oxygens (including phenoxy) is 2. The lowest BCUT2D eigenvalue weighted by Crippen LogP contribution is -2.24. The highest BCUT2D eigenvalue weighted by Gasteiger charge is 2.38. The van der Waals surface area contributed by atoms with Crippen molar-refractivity contribution in [1.82, 2.24) is 0 Å². The number of hydrogen-bond acceptors (Lipinski definition) is 4. The molecule has 0 amide bonds. The predicted octanol–water partition coefficient (Wildman–Crippen LogP) is 1.21. The highest BCUT2D eigenvalue weighted by molar-refractivity contribution is 5.90. The van der Waals surface area contributed by atoms with Crippen molar-refractivity contribution in [2.45, 2.75) is 13.1 Å². The molecule has 0 aliphatic heterocycles. The summed E-state index contributed by atoms with van der Waals surface area (Å²) < 4.78 is 43.9. The SMILES string of the molecule is C=C(C(=O)OCC(=O)OCC)C(F)(F)F. The standard InChI is InChI=1S/C8H9F3O4/c1-3-14-6(12)4-15-7(13)5(2)8(9,10)11/h2-4H2,1H3. The molecule has 0 radical (unpaired) electrons. The van der Waals surface area contributed by atoms with Crippen LogP contribution < -0.4 is 0 Å². The number of esters is 2. The fourth-order valence-corrected chi connectivity index (χ4v) is 0.530. The van der Waals surface area contributed by atoms with Gasteiger partial charge in [0.05, 0.1) is 6.61 Å². The average molecular weight is 226 g/mol. The molecule has 86 valence electrons. The quantitative estimate of drug-likeness (QED) is 0.534. The van der Waals surface area contributed by atoms with E-state index in [1.165, 1.54) is 6.92 Å². The van der Waals surface area contributed by atoms with Gasteiger partial charge in [0.15, 0.2) is 6.61 Å². The van der Waals surface area contributed by atoms with E-state index >= 15 is 0 Å². The fraction of sp³-hybridized carbons (Fsp3) is 0.500. The van der Waals surface area contributed by atoms with Crippen molar-refractivity contribution in [2.24, 2.45) is 0 Å². The Kier molecular flexibility index (Phi) is 4.83. The Morgan fingerprint density at radius 2 is 1.80 bits per heavy atom. The van der Waals surface area contributed by atoms with Crippen LogP contribution in [0.15, 0.2) is 12.2 Å². The molecular formula is C8H9F3O4. The minimum atomic E-state index is -4.86. The molecule has 0 aromatic heterocycles. The van der Waals surface area contributed by atoms with Gasteiger partial charge in [-0.1, -0.05) is 6.58 Å². The molecule has 0 aromatic rings. The predicted molar refractivity (Wildman–Crippen MR) is 42.8 cm³/mol. The molecule has 0 bridgehead atoms. The summed E-state index contributed by atoms with van der Waals surface area (Å²) in [4.78, 5) is 21.3. The van der Waals surface area contributed by atoms with E-state index in [-0.39, 0.29) is 6.61 Å². The second-order valence-electron chi connectivity index (χ2n) is 2.36. The highest BCUT2D eigenvalue weighted by Crippen LogP contribution is 2.24. The van der Waals surface area contributed by atoms with Crippen LogP contribution in [-0.4, -0.2) is 31.3 Å². The molecule has 0 saturated heterocycles. The van der Waals surface area contributed by atoms with Gasteiger partial charge in [-0.2, -0.15) is 13.2 Å². The molecular weight excluding hydrogens is 217 g/mol. The summed E-state index contributed by atoms with van der Waals surface area (Å²) in [5, 5.41) is 0. The van der Waals surface area contributed by atoms with Gasteiger partial charge in [-0.3, -0.25) is 0 Å².